The maximum absolute atomic E-state index is 13.6. The number of hydrogen-bond donors (Lipinski definition) is 1. The van der Waals surface area contributed by atoms with E-state index in [4.69, 9.17) is 0 Å². The molecule has 1 saturated heterocycles. The Hall–Kier alpha value is -3.88. The average Bonchev–Trinajstić information content (AvgIpc) is 3.30. The van der Waals surface area contributed by atoms with Gasteiger partial charge in [0.15, 0.2) is 5.82 Å². The van der Waals surface area contributed by atoms with Crippen LogP contribution in [0.15, 0.2) is 55.0 Å². The molecular formula is C26H29N5O4. The Morgan fingerprint density at radius 3 is 2.37 bits per heavy atom. The maximum atomic E-state index is 13.6. The second-order valence-electron chi connectivity index (χ2n) is 9.28. The summed E-state index contributed by atoms with van der Waals surface area (Å²) in [7, 11) is 0. The summed E-state index contributed by atoms with van der Waals surface area (Å²) in [5.41, 5.74) is 0.739. The Morgan fingerprint density at radius 2 is 1.71 bits per heavy atom. The number of amides is 3. The van der Waals surface area contributed by atoms with Gasteiger partial charge in [0.05, 0.1) is 17.9 Å². The zero-order valence-electron chi connectivity index (χ0n) is 19.7. The summed E-state index contributed by atoms with van der Waals surface area (Å²) in [6, 6.07) is 13.8. The predicted molar refractivity (Wildman–Crippen MR) is 132 cm³/mol. The van der Waals surface area contributed by atoms with Gasteiger partial charge in [-0.1, -0.05) is 36.4 Å². The molecule has 1 aliphatic heterocycles. The van der Waals surface area contributed by atoms with E-state index in [1.807, 2.05) is 42.5 Å². The van der Waals surface area contributed by atoms with E-state index in [0.29, 0.717) is 31.7 Å². The molecule has 3 amide bonds. The molecule has 0 bridgehead atoms. The lowest BCUT2D eigenvalue weighted by Crippen LogP contribution is -2.54. The molecular weight excluding hydrogens is 446 g/mol. The van der Waals surface area contributed by atoms with Gasteiger partial charge in [0.25, 0.3) is 0 Å². The number of likely N-dealkylation sites (tertiary alicyclic amines) is 1. The Balaban J connectivity index is 1.45. The van der Waals surface area contributed by atoms with Crippen LogP contribution in [0, 0.1) is 5.92 Å². The van der Waals surface area contributed by atoms with Crippen molar-refractivity contribution in [2.24, 2.45) is 5.92 Å². The van der Waals surface area contributed by atoms with Crippen LogP contribution in [0.1, 0.15) is 39.0 Å². The van der Waals surface area contributed by atoms with Crippen molar-refractivity contribution < 1.29 is 19.5 Å². The second-order valence-corrected chi connectivity index (χ2v) is 9.28. The second kappa shape index (κ2) is 9.40. The number of carboxylic acid groups (broad SMARTS) is 1. The first-order chi connectivity index (χ1) is 16.9. The predicted octanol–water partition coefficient (Wildman–Crippen LogP) is 4.13. The lowest BCUT2D eigenvalue weighted by atomic mass is 9.90. The molecule has 2 fully saturated rings. The molecule has 2 aromatic carbocycles. The number of piperidine rings is 1. The number of benzene rings is 2. The monoisotopic (exact) mass is 475 g/mol. The first-order valence-corrected chi connectivity index (χ1v) is 12.1. The van der Waals surface area contributed by atoms with Gasteiger partial charge in [-0.2, -0.15) is 0 Å². The number of imidazole rings is 1. The van der Waals surface area contributed by atoms with E-state index >= 15 is 0 Å². The fraction of sp³-hybridized carbons (Fsp3) is 0.385. The molecule has 1 saturated carbocycles. The molecule has 0 atom stereocenters. The summed E-state index contributed by atoms with van der Waals surface area (Å²) >= 11 is 0. The van der Waals surface area contributed by atoms with E-state index in [2.05, 4.69) is 4.98 Å². The van der Waals surface area contributed by atoms with Crippen LogP contribution in [0.25, 0.3) is 10.8 Å². The highest BCUT2D eigenvalue weighted by atomic mass is 16.4. The zero-order valence-corrected chi connectivity index (χ0v) is 19.7. The van der Waals surface area contributed by atoms with E-state index in [1.54, 1.807) is 27.1 Å². The quantitative estimate of drug-likeness (QED) is 0.598. The van der Waals surface area contributed by atoms with Crippen LogP contribution < -0.4 is 9.91 Å². The third-order valence-electron chi connectivity index (χ3n) is 7.12. The van der Waals surface area contributed by atoms with Crippen LogP contribution in [0.5, 0.6) is 0 Å². The van der Waals surface area contributed by atoms with Crippen molar-refractivity contribution in [3.63, 3.8) is 0 Å². The number of fused-ring (bicyclic) bond motifs is 1. The zero-order chi connectivity index (χ0) is 24.5. The molecule has 5 rings (SSSR count). The number of carbonyl (C=O) groups is 3. The summed E-state index contributed by atoms with van der Waals surface area (Å²) in [6.45, 7) is 2.23. The highest BCUT2D eigenvalue weighted by Gasteiger charge is 2.37. The number of aromatic nitrogens is 2. The first-order valence-electron chi connectivity index (χ1n) is 12.1. The maximum Gasteiger partial charge on any atom is 0.407 e. The molecule has 35 heavy (non-hydrogen) atoms. The summed E-state index contributed by atoms with van der Waals surface area (Å²) in [6.07, 6.45) is 6.29. The fourth-order valence-electron chi connectivity index (χ4n) is 5.01. The number of rotatable bonds is 5. The summed E-state index contributed by atoms with van der Waals surface area (Å²) in [5, 5.41) is 13.0. The van der Waals surface area contributed by atoms with Crippen molar-refractivity contribution in [2.75, 3.05) is 23.0 Å². The van der Waals surface area contributed by atoms with Crippen LogP contribution >= 0.6 is 0 Å². The Bertz CT molecular complexity index is 1250. The molecule has 0 spiro atoms. The third kappa shape index (κ3) is 4.34. The summed E-state index contributed by atoms with van der Waals surface area (Å²) in [4.78, 5) is 45.1. The summed E-state index contributed by atoms with van der Waals surface area (Å²) in [5.74, 6) is 0.0306. The molecule has 1 aliphatic carbocycles. The van der Waals surface area contributed by atoms with Crippen molar-refractivity contribution in [1.29, 1.82) is 0 Å². The highest BCUT2D eigenvalue weighted by Crippen LogP contribution is 2.33. The Kier molecular flexibility index (Phi) is 6.15. The van der Waals surface area contributed by atoms with Crippen molar-refractivity contribution in [1.82, 2.24) is 14.6 Å². The molecule has 2 aliphatic rings. The minimum atomic E-state index is -0.941. The van der Waals surface area contributed by atoms with E-state index in [9.17, 15) is 19.5 Å². The standard InChI is InChI=1S/C26H29N5O4/c1-18(32)30(23-11-4-7-19-6-2-3-10-22(19)23)24-16-29(17-27-24)31(21-8-5-9-21)25(33)20-12-14-28(15-13-20)26(34)35/h2-4,6-7,10-11,16-17,20-21H,5,8-9,12-15H2,1H3,(H,34,35). The molecule has 1 N–H and O–H groups in total. The smallest absolute Gasteiger partial charge is 0.407 e. The van der Waals surface area contributed by atoms with E-state index in [0.717, 1.165) is 35.7 Å². The topological polar surface area (TPSA) is 99.0 Å². The molecule has 9 heteroatoms. The van der Waals surface area contributed by atoms with E-state index in [1.165, 1.54) is 11.8 Å². The fourth-order valence-corrected chi connectivity index (χ4v) is 5.01. The third-order valence-corrected chi connectivity index (χ3v) is 7.12. The molecule has 0 unspecified atom stereocenters. The van der Waals surface area contributed by atoms with Gasteiger partial charge < -0.3 is 10.0 Å². The van der Waals surface area contributed by atoms with Crippen molar-refractivity contribution >= 4 is 40.2 Å². The molecule has 3 aromatic rings. The van der Waals surface area contributed by atoms with Crippen LogP contribution in [0.2, 0.25) is 0 Å². The highest BCUT2D eigenvalue weighted by molar-refractivity contribution is 6.07. The first kappa shape index (κ1) is 22.9. The molecule has 1 aromatic heterocycles. The van der Waals surface area contributed by atoms with Gasteiger partial charge in [0, 0.05) is 31.3 Å². The van der Waals surface area contributed by atoms with Crippen LogP contribution in [0.3, 0.4) is 0 Å². The van der Waals surface area contributed by atoms with Gasteiger partial charge in [-0.15, -0.1) is 0 Å². The van der Waals surface area contributed by atoms with Crippen molar-refractivity contribution in [3.8, 4) is 0 Å². The number of hydrogen-bond acceptors (Lipinski definition) is 4. The SMILES string of the molecule is CC(=O)N(c1cn(N(C(=O)C2CCN(C(=O)O)CC2)C2CCC2)cn1)c1cccc2ccccc12. The lowest BCUT2D eigenvalue weighted by molar-refractivity contribution is -0.126. The van der Waals surface area contributed by atoms with Gasteiger partial charge in [-0.3, -0.25) is 14.5 Å². The minimum absolute atomic E-state index is 0.0109. The largest absolute Gasteiger partial charge is 0.465 e. The normalized spacial score (nSPS) is 16.7. The number of anilines is 2. The van der Waals surface area contributed by atoms with Gasteiger partial charge in [-0.05, 0) is 43.6 Å². The minimum Gasteiger partial charge on any atom is -0.465 e. The molecule has 182 valence electrons. The van der Waals surface area contributed by atoms with E-state index in [-0.39, 0.29) is 23.8 Å². The Morgan fingerprint density at radius 1 is 1.00 bits per heavy atom. The Labute approximate surface area is 203 Å². The molecule has 0 radical (unpaired) electrons. The van der Waals surface area contributed by atoms with E-state index < -0.39 is 6.09 Å². The van der Waals surface area contributed by atoms with Crippen molar-refractivity contribution in [3.05, 3.63) is 55.0 Å². The molecule has 2 heterocycles. The number of carbonyl (C=O) groups excluding carboxylic acids is 2. The average molecular weight is 476 g/mol. The summed E-state index contributed by atoms with van der Waals surface area (Å²) < 4.78 is 1.71. The van der Waals surface area contributed by atoms with Gasteiger partial charge in [0.2, 0.25) is 11.8 Å². The number of nitrogens with zero attached hydrogens (tertiary/aromatic N) is 5. The van der Waals surface area contributed by atoms with Crippen LogP contribution in [0.4, 0.5) is 16.3 Å². The van der Waals surface area contributed by atoms with Crippen LogP contribution in [-0.2, 0) is 9.59 Å². The molecule has 9 nitrogen and oxygen atoms in total. The van der Waals surface area contributed by atoms with Gasteiger partial charge in [-0.25, -0.2) is 19.5 Å². The van der Waals surface area contributed by atoms with Crippen LogP contribution in [-0.4, -0.2) is 56.7 Å². The lowest BCUT2D eigenvalue weighted by Gasteiger charge is -2.40. The van der Waals surface area contributed by atoms with Gasteiger partial charge >= 0.3 is 6.09 Å². The van der Waals surface area contributed by atoms with Gasteiger partial charge in [0.1, 0.15) is 6.33 Å². The van der Waals surface area contributed by atoms with Crippen molar-refractivity contribution in [2.45, 2.75) is 45.1 Å².